The lowest BCUT2D eigenvalue weighted by atomic mass is 10.2. The second kappa shape index (κ2) is 7.65. The van der Waals surface area contributed by atoms with E-state index < -0.39 is 0 Å². The van der Waals surface area contributed by atoms with Crippen LogP contribution in [0.4, 0.5) is 11.4 Å². The van der Waals surface area contributed by atoms with Crippen LogP contribution in [0.25, 0.3) is 0 Å². The van der Waals surface area contributed by atoms with Crippen molar-refractivity contribution in [3.05, 3.63) is 48.8 Å². The maximum absolute atomic E-state index is 12.6. The first-order valence-corrected chi connectivity index (χ1v) is 9.17. The van der Waals surface area contributed by atoms with Gasteiger partial charge in [0.25, 0.3) is 5.91 Å². The number of benzene rings is 1. The smallest absolute Gasteiger partial charge is 0.265 e. The van der Waals surface area contributed by atoms with Gasteiger partial charge in [0.05, 0.1) is 5.69 Å². The molecule has 0 aliphatic carbocycles. The summed E-state index contributed by atoms with van der Waals surface area (Å²) in [6.45, 7) is 3.38. The third kappa shape index (κ3) is 3.72. The summed E-state index contributed by atoms with van der Waals surface area (Å²) >= 11 is 0. The molecule has 2 aliphatic heterocycles. The van der Waals surface area contributed by atoms with E-state index in [1.807, 2.05) is 41.3 Å². The van der Waals surface area contributed by atoms with Crippen molar-refractivity contribution in [2.45, 2.75) is 6.42 Å². The first-order chi connectivity index (χ1) is 13.2. The van der Waals surface area contributed by atoms with E-state index in [0.29, 0.717) is 31.8 Å². The maximum atomic E-state index is 12.6. The highest BCUT2D eigenvalue weighted by Gasteiger charge is 2.27. The van der Waals surface area contributed by atoms with Crippen molar-refractivity contribution in [1.82, 2.24) is 9.88 Å². The van der Waals surface area contributed by atoms with E-state index in [2.05, 4.69) is 9.88 Å². The van der Waals surface area contributed by atoms with Gasteiger partial charge in [0.15, 0.2) is 6.61 Å². The summed E-state index contributed by atoms with van der Waals surface area (Å²) in [6, 6.07) is 11.4. The Morgan fingerprint density at radius 3 is 2.56 bits per heavy atom. The molecule has 1 aromatic heterocycles. The zero-order valence-corrected chi connectivity index (χ0v) is 15.1. The Labute approximate surface area is 158 Å². The number of hydrogen-bond acceptors (Lipinski definition) is 5. The number of nitrogens with zero attached hydrogens (tertiary/aromatic N) is 4. The van der Waals surface area contributed by atoms with Crippen LogP contribution in [0.3, 0.4) is 0 Å². The van der Waals surface area contributed by atoms with Gasteiger partial charge in [-0.3, -0.25) is 14.6 Å². The van der Waals surface area contributed by atoms with Gasteiger partial charge in [-0.2, -0.15) is 0 Å². The molecule has 2 aromatic rings. The molecule has 0 radical (unpaired) electrons. The van der Waals surface area contributed by atoms with Crippen LogP contribution < -0.4 is 14.5 Å². The second-order valence-electron chi connectivity index (χ2n) is 6.63. The Morgan fingerprint density at radius 2 is 1.78 bits per heavy atom. The van der Waals surface area contributed by atoms with Crippen LogP contribution in [0.2, 0.25) is 0 Å². The number of para-hydroxylation sites is 2. The lowest BCUT2D eigenvalue weighted by Crippen LogP contribution is -2.49. The minimum Gasteiger partial charge on any atom is -0.482 e. The molecule has 0 N–H and O–H groups in total. The average molecular weight is 366 g/mol. The molecule has 0 bridgehead atoms. The van der Waals surface area contributed by atoms with Crippen molar-refractivity contribution < 1.29 is 14.3 Å². The fourth-order valence-corrected chi connectivity index (χ4v) is 3.53. The first-order valence-electron chi connectivity index (χ1n) is 9.17. The fraction of sp³-hybridized carbons (Fsp3) is 0.350. The highest BCUT2D eigenvalue weighted by Crippen LogP contribution is 2.31. The molecule has 2 aliphatic rings. The molecule has 0 saturated carbocycles. The predicted octanol–water partition coefficient (Wildman–Crippen LogP) is 1.55. The first kappa shape index (κ1) is 17.3. The number of carbonyl (C=O) groups is 2. The topological polar surface area (TPSA) is 66.0 Å². The van der Waals surface area contributed by atoms with Crippen molar-refractivity contribution >= 4 is 23.2 Å². The van der Waals surface area contributed by atoms with Crippen LogP contribution in [-0.4, -0.2) is 61.0 Å². The zero-order chi connectivity index (χ0) is 18.6. The minimum atomic E-state index is -0.107. The summed E-state index contributed by atoms with van der Waals surface area (Å²) in [6.07, 6.45) is 3.88. The third-order valence-electron chi connectivity index (χ3n) is 5.02. The van der Waals surface area contributed by atoms with Gasteiger partial charge in [-0.1, -0.05) is 12.1 Å². The van der Waals surface area contributed by atoms with Gasteiger partial charge in [0.1, 0.15) is 5.75 Å². The van der Waals surface area contributed by atoms with E-state index in [-0.39, 0.29) is 18.4 Å². The Hall–Kier alpha value is -3.09. The van der Waals surface area contributed by atoms with Crippen molar-refractivity contribution in [3.8, 4) is 5.75 Å². The summed E-state index contributed by atoms with van der Waals surface area (Å²) < 4.78 is 5.45. The monoisotopic (exact) mass is 366 g/mol. The third-order valence-corrected chi connectivity index (χ3v) is 5.02. The summed E-state index contributed by atoms with van der Waals surface area (Å²) in [5.74, 6) is 0.667. The quantitative estimate of drug-likeness (QED) is 0.821. The van der Waals surface area contributed by atoms with E-state index in [1.165, 1.54) is 0 Å². The van der Waals surface area contributed by atoms with Crippen LogP contribution in [0.5, 0.6) is 5.75 Å². The molecule has 1 saturated heterocycles. The van der Waals surface area contributed by atoms with Crippen molar-refractivity contribution in [2.75, 3.05) is 49.1 Å². The van der Waals surface area contributed by atoms with E-state index in [4.69, 9.17) is 4.74 Å². The van der Waals surface area contributed by atoms with Gasteiger partial charge >= 0.3 is 0 Å². The van der Waals surface area contributed by atoms with Crippen LogP contribution >= 0.6 is 0 Å². The number of ether oxygens (including phenoxy) is 1. The molecule has 27 heavy (non-hydrogen) atoms. The number of pyridine rings is 1. The molecule has 4 rings (SSSR count). The van der Waals surface area contributed by atoms with Gasteiger partial charge in [0.2, 0.25) is 5.91 Å². The largest absolute Gasteiger partial charge is 0.482 e. The molecule has 1 fully saturated rings. The Kier molecular flexibility index (Phi) is 4.91. The number of rotatable bonds is 4. The van der Waals surface area contributed by atoms with Gasteiger partial charge in [0, 0.05) is 57.2 Å². The zero-order valence-electron chi connectivity index (χ0n) is 15.1. The number of fused-ring (bicyclic) bond motifs is 1. The number of carbonyl (C=O) groups excluding carboxylic acids is 2. The molecule has 7 nitrogen and oxygen atoms in total. The molecule has 3 heterocycles. The number of hydrogen-bond donors (Lipinski definition) is 0. The van der Waals surface area contributed by atoms with Gasteiger partial charge in [-0.25, -0.2) is 0 Å². The normalized spacial score (nSPS) is 16.7. The van der Waals surface area contributed by atoms with Crippen LogP contribution in [0, 0.1) is 0 Å². The summed E-state index contributed by atoms with van der Waals surface area (Å²) in [7, 11) is 0. The van der Waals surface area contributed by atoms with E-state index in [1.54, 1.807) is 17.3 Å². The molecule has 2 amide bonds. The van der Waals surface area contributed by atoms with Crippen molar-refractivity contribution in [2.24, 2.45) is 0 Å². The Morgan fingerprint density at radius 1 is 1.04 bits per heavy atom. The molecular formula is C20H22N4O3. The van der Waals surface area contributed by atoms with E-state index >= 15 is 0 Å². The highest BCUT2D eigenvalue weighted by molar-refractivity contribution is 5.98. The lowest BCUT2D eigenvalue weighted by Gasteiger charge is -2.36. The predicted molar refractivity (Wildman–Crippen MR) is 102 cm³/mol. The number of anilines is 2. The highest BCUT2D eigenvalue weighted by atomic mass is 16.5. The average Bonchev–Trinajstić information content (AvgIpc) is 2.73. The fourth-order valence-electron chi connectivity index (χ4n) is 3.53. The molecule has 1 aromatic carbocycles. The lowest BCUT2D eigenvalue weighted by molar-refractivity contribution is -0.131. The second-order valence-corrected chi connectivity index (χ2v) is 6.63. The maximum Gasteiger partial charge on any atom is 0.265 e. The van der Waals surface area contributed by atoms with Gasteiger partial charge in [-0.15, -0.1) is 0 Å². The molecule has 0 unspecified atom stereocenters. The molecule has 0 atom stereocenters. The van der Waals surface area contributed by atoms with Gasteiger partial charge < -0.3 is 19.4 Å². The molecule has 140 valence electrons. The number of aromatic nitrogens is 1. The minimum absolute atomic E-state index is 0.0236. The van der Waals surface area contributed by atoms with Crippen molar-refractivity contribution in [1.29, 1.82) is 0 Å². The van der Waals surface area contributed by atoms with Gasteiger partial charge in [-0.05, 0) is 24.3 Å². The van der Waals surface area contributed by atoms with Crippen molar-refractivity contribution in [3.63, 3.8) is 0 Å². The summed E-state index contributed by atoms with van der Waals surface area (Å²) in [5, 5.41) is 0. The molecule has 0 spiro atoms. The van der Waals surface area contributed by atoms with Crippen LogP contribution in [0.1, 0.15) is 6.42 Å². The SMILES string of the molecule is O=C(CCN1C(=O)COc2ccccc21)N1CCN(c2ccncc2)CC1. The van der Waals surface area contributed by atoms with E-state index in [9.17, 15) is 9.59 Å². The molecule has 7 heteroatoms. The van der Waals surface area contributed by atoms with Crippen LogP contribution in [0.15, 0.2) is 48.8 Å². The number of piperazine rings is 1. The summed E-state index contributed by atoms with van der Waals surface area (Å²) in [4.78, 5) is 34.7. The Balaban J connectivity index is 1.32. The molecular weight excluding hydrogens is 344 g/mol. The standard InChI is InChI=1S/C20H22N4O3/c25-19(23-13-11-22(12-14-23)16-5-8-21-9-6-16)7-10-24-17-3-1-2-4-18(17)27-15-20(24)26/h1-6,8-9H,7,10-15H2. The summed E-state index contributed by atoms with van der Waals surface area (Å²) in [5.41, 5.74) is 1.87. The Bertz CT molecular complexity index is 819. The van der Waals surface area contributed by atoms with E-state index in [0.717, 1.165) is 24.5 Å². The van der Waals surface area contributed by atoms with Crippen LogP contribution in [-0.2, 0) is 9.59 Å². The number of amides is 2.